The SMILES string of the molecule is FC(F)Oc1cc(-c2cnc3c[nH]nc3c2)ccc1Cl. The van der Waals surface area contributed by atoms with Crippen molar-refractivity contribution in [3.63, 3.8) is 0 Å². The molecule has 0 spiro atoms. The van der Waals surface area contributed by atoms with Crippen LogP contribution in [0.1, 0.15) is 0 Å². The fourth-order valence-electron chi connectivity index (χ4n) is 1.85. The molecule has 0 amide bonds. The van der Waals surface area contributed by atoms with E-state index < -0.39 is 6.61 Å². The minimum absolute atomic E-state index is 0.0682. The lowest BCUT2D eigenvalue weighted by atomic mass is 10.1. The highest BCUT2D eigenvalue weighted by atomic mass is 35.5. The predicted octanol–water partition coefficient (Wildman–Crippen LogP) is 3.88. The first-order valence-electron chi connectivity index (χ1n) is 5.68. The fourth-order valence-corrected chi connectivity index (χ4v) is 2.02. The summed E-state index contributed by atoms with van der Waals surface area (Å²) in [6.45, 7) is -2.92. The summed E-state index contributed by atoms with van der Waals surface area (Å²) in [5.41, 5.74) is 2.82. The second-order valence-electron chi connectivity index (χ2n) is 4.04. The second-order valence-corrected chi connectivity index (χ2v) is 4.44. The Kier molecular flexibility index (Phi) is 3.23. The number of nitrogens with zero attached hydrogens (tertiary/aromatic N) is 2. The van der Waals surface area contributed by atoms with Crippen LogP contribution in [-0.2, 0) is 0 Å². The molecule has 1 N–H and O–H groups in total. The van der Waals surface area contributed by atoms with Gasteiger partial charge in [0, 0.05) is 18.0 Å². The number of ether oxygens (including phenoxy) is 1. The summed E-state index contributed by atoms with van der Waals surface area (Å²) in [7, 11) is 0. The minimum atomic E-state index is -2.92. The summed E-state index contributed by atoms with van der Waals surface area (Å²) in [5, 5.41) is 6.86. The average molecular weight is 296 g/mol. The van der Waals surface area contributed by atoms with Crippen molar-refractivity contribution in [1.29, 1.82) is 0 Å². The molecule has 0 fully saturated rings. The normalized spacial score (nSPS) is 11.2. The number of H-pyrrole nitrogens is 1. The van der Waals surface area contributed by atoms with Gasteiger partial charge in [0.25, 0.3) is 0 Å². The van der Waals surface area contributed by atoms with Gasteiger partial charge in [-0.25, -0.2) is 0 Å². The Hall–Kier alpha value is -2.21. The van der Waals surface area contributed by atoms with Gasteiger partial charge < -0.3 is 4.74 Å². The molecule has 7 heteroatoms. The van der Waals surface area contributed by atoms with Crippen molar-refractivity contribution in [2.45, 2.75) is 6.61 Å². The van der Waals surface area contributed by atoms with E-state index in [2.05, 4.69) is 19.9 Å². The zero-order valence-corrected chi connectivity index (χ0v) is 10.7. The lowest BCUT2D eigenvalue weighted by Gasteiger charge is -2.09. The molecule has 0 aliphatic heterocycles. The van der Waals surface area contributed by atoms with Gasteiger partial charge in [-0.15, -0.1) is 0 Å². The second kappa shape index (κ2) is 5.05. The lowest BCUT2D eigenvalue weighted by Crippen LogP contribution is -2.02. The Morgan fingerprint density at radius 3 is 2.80 bits per heavy atom. The zero-order chi connectivity index (χ0) is 14.1. The molecular formula is C13H8ClF2N3O. The van der Waals surface area contributed by atoms with Crippen molar-refractivity contribution in [1.82, 2.24) is 15.2 Å². The lowest BCUT2D eigenvalue weighted by molar-refractivity contribution is -0.0497. The Labute approximate surface area is 117 Å². The van der Waals surface area contributed by atoms with E-state index in [4.69, 9.17) is 11.6 Å². The number of hydrogen-bond donors (Lipinski definition) is 1. The number of fused-ring (bicyclic) bond motifs is 1. The van der Waals surface area contributed by atoms with Crippen LogP contribution < -0.4 is 4.74 Å². The highest BCUT2D eigenvalue weighted by Crippen LogP contribution is 2.32. The van der Waals surface area contributed by atoms with E-state index in [-0.39, 0.29) is 10.8 Å². The molecule has 0 radical (unpaired) electrons. The Balaban J connectivity index is 2.04. The first kappa shape index (κ1) is 12.8. The van der Waals surface area contributed by atoms with Gasteiger partial charge in [0.15, 0.2) is 0 Å². The summed E-state index contributed by atoms with van der Waals surface area (Å²) in [6.07, 6.45) is 3.31. The molecule has 0 saturated heterocycles. The van der Waals surface area contributed by atoms with E-state index in [1.54, 1.807) is 24.5 Å². The average Bonchev–Trinajstić information content (AvgIpc) is 2.88. The van der Waals surface area contributed by atoms with Crippen LogP contribution in [0, 0.1) is 0 Å². The number of benzene rings is 1. The number of alkyl halides is 2. The number of nitrogens with one attached hydrogen (secondary N) is 1. The molecule has 0 aliphatic carbocycles. The molecule has 4 nitrogen and oxygen atoms in total. The molecule has 0 saturated carbocycles. The molecule has 3 aromatic rings. The fraction of sp³-hybridized carbons (Fsp3) is 0.0769. The summed E-state index contributed by atoms with van der Waals surface area (Å²) in [5.74, 6) is -0.0682. The molecule has 1 aromatic carbocycles. The van der Waals surface area contributed by atoms with E-state index in [1.165, 1.54) is 12.1 Å². The van der Waals surface area contributed by atoms with E-state index in [1.807, 2.05) is 0 Å². The number of pyridine rings is 1. The van der Waals surface area contributed by atoms with Gasteiger partial charge in [-0.3, -0.25) is 10.1 Å². The molecule has 2 aromatic heterocycles. The van der Waals surface area contributed by atoms with Gasteiger partial charge in [-0.05, 0) is 23.8 Å². The summed E-state index contributed by atoms with van der Waals surface area (Å²) in [4.78, 5) is 4.21. The largest absolute Gasteiger partial charge is 0.433 e. The number of rotatable bonds is 3. The van der Waals surface area contributed by atoms with E-state index >= 15 is 0 Å². The van der Waals surface area contributed by atoms with E-state index in [9.17, 15) is 8.78 Å². The highest BCUT2D eigenvalue weighted by molar-refractivity contribution is 6.32. The van der Waals surface area contributed by atoms with Gasteiger partial charge >= 0.3 is 6.61 Å². The monoisotopic (exact) mass is 295 g/mol. The van der Waals surface area contributed by atoms with Gasteiger partial charge in [-0.2, -0.15) is 13.9 Å². The van der Waals surface area contributed by atoms with Crippen molar-refractivity contribution >= 4 is 22.6 Å². The third kappa shape index (κ3) is 2.42. The molecule has 0 atom stereocenters. The number of aromatic nitrogens is 3. The molecular weight excluding hydrogens is 288 g/mol. The summed E-state index contributed by atoms with van der Waals surface area (Å²) in [6, 6.07) is 6.46. The van der Waals surface area contributed by atoms with Crippen LogP contribution in [0.25, 0.3) is 22.2 Å². The third-order valence-corrected chi connectivity index (χ3v) is 3.08. The molecule has 0 bridgehead atoms. The number of aromatic amines is 1. The maximum Gasteiger partial charge on any atom is 0.387 e. The third-order valence-electron chi connectivity index (χ3n) is 2.76. The smallest absolute Gasteiger partial charge is 0.387 e. The molecule has 0 unspecified atom stereocenters. The number of hydrogen-bond acceptors (Lipinski definition) is 3. The first-order valence-corrected chi connectivity index (χ1v) is 6.05. The molecule has 0 aliphatic rings. The first-order chi connectivity index (χ1) is 9.63. The summed E-state index contributed by atoms with van der Waals surface area (Å²) >= 11 is 5.81. The van der Waals surface area contributed by atoms with Crippen LogP contribution in [-0.4, -0.2) is 21.8 Å². The molecule has 2 heterocycles. The molecule has 20 heavy (non-hydrogen) atoms. The van der Waals surface area contributed by atoms with E-state index in [0.29, 0.717) is 11.1 Å². The standard InChI is InChI=1S/C13H8ClF2N3O/c14-9-2-1-7(4-12(9)20-13(15)16)8-3-10-11(17-5-8)6-18-19-10/h1-6,13H,(H,18,19). The molecule has 3 rings (SSSR count). The number of halogens is 3. The topological polar surface area (TPSA) is 50.8 Å². The van der Waals surface area contributed by atoms with Gasteiger partial charge in [0.05, 0.1) is 5.02 Å². The van der Waals surface area contributed by atoms with Crippen LogP contribution in [0.5, 0.6) is 5.75 Å². The van der Waals surface area contributed by atoms with Crippen LogP contribution in [0.3, 0.4) is 0 Å². The highest BCUT2D eigenvalue weighted by Gasteiger charge is 2.11. The Morgan fingerprint density at radius 2 is 2.00 bits per heavy atom. The predicted molar refractivity (Wildman–Crippen MR) is 71.0 cm³/mol. The van der Waals surface area contributed by atoms with Crippen LogP contribution in [0.2, 0.25) is 5.02 Å². The van der Waals surface area contributed by atoms with Crippen molar-refractivity contribution in [2.24, 2.45) is 0 Å². The van der Waals surface area contributed by atoms with Crippen molar-refractivity contribution in [3.8, 4) is 16.9 Å². The Bertz CT molecular complexity index is 760. The van der Waals surface area contributed by atoms with Gasteiger partial charge in [-0.1, -0.05) is 17.7 Å². The van der Waals surface area contributed by atoms with Crippen LogP contribution in [0.4, 0.5) is 8.78 Å². The Morgan fingerprint density at radius 1 is 1.15 bits per heavy atom. The quantitative estimate of drug-likeness (QED) is 0.798. The van der Waals surface area contributed by atoms with Crippen LogP contribution in [0.15, 0.2) is 36.7 Å². The van der Waals surface area contributed by atoms with Crippen molar-refractivity contribution < 1.29 is 13.5 Å². The maximum absolute atomic E-state index is 12.3. The molecule has 102 valence electrons. The van der Waals surface area contributed by atoms with Crippen molar-refractivity contribution in [3.05, 3.63) is 41.7 Å². The van der Waals surface area contributed by atoms with Crippen molar-refractivity contribution in [2.75, 3.05) is 0 Å². The van der Waals surface area contributed by atoms with Crippen LogP contribution >= 0.6 is 11.6 Å². The van der Waals surface area contributed by atoms with E-state index in [0.717, 1.165) is 11.1 Å². The van der Waals surface area contributed by atoms with Gasteiger partial charge in [0.1, 0.15) is 16.8 Å². The minimum Gasteiger partial charge on any atom is -0.433 e. The van der Waals surface area contributed by atoms with Gasteiger partial charge in [0.2, 0.25) is 0 Å². The maximum atomic E-state index is 12.3. The summed E-state index contributed by atoms with van der Waals surface area (Å²) < 4.78 is 29.0. The zero-order valence-electron chi connectivity index (χ0n) is 9.98.